The highest BCUT2D eigenvalue weighted by Crippen LogP contribution is 2.52. The Morgan fingerprint density at radius 2 is 1.06 bits per heavy atom. The van der Waals surface area contributed by atoms with Gasteiger partial charge in [-0.05, 0) is 112 Å². The van der Waals surface area contributed by atoms with Gasteiger partial charge < -0.3 is 4.90 Å². The van der Waals surface area contributed by atoms with Crippen LogP contribution in [0.1, 0.15) is 90.1 Å². The summed E-state index contributed by atoms with van der Waals surface area (Å²) in [4.78, 5) is 2.66. The van der Waals surface area contributed by atoms with E-state index >= 15 is 0 Å². The van der Waals surface area contributed by atoms with Crippen molar-refractivity contribution in [1.29, 1.82) is 0 Å². The molecule has 0 bridgehead atoms. The molecule has 8 aromatic rings. The van der Waals surface area contributed by atoms with Crippen molar-refractivity contribution in [1.82, 2.24) is 0 Å². The third kappa shape index (κ3) is 6.94. The van der Waals surface area contributed by atoms with E-state index in [1.807, 2.05) is 0 Å². The van der Waals surface area contributed by atoms with Gasteiger partial charge in [0, 0.05) is 28.3 Å². The highest BCUT2D eigenvalue weighted by atomic mass is 15.2. The number of hydrogen-bond donors (Lipinski definition) is 0. The maximum absolute atomic E-state index is 2.66. The number of benzene rings is 8. The SMILES string of the molecule is CC1C(c2cccc3ccccc23)=CC=CC1N(c1ccc2c(c1)C(C)(C)c1ccccc1-2)c1ccccc1-c1cccc2cccc(-c3cc(C(C)(C)C)cc(C(C)(C)C)c3)c12. The molecule has 0 heterocycles. The minimum absolute atomic E-state index is 0.00582. The molecular weight excluding hydrogens is 759 g/mol. The van der Waals surface area contributed by atoms with E-state index in [1.165, 1.54) is 99.7 Å². The van der Waals surface area contributed by atoms with Gasteiger partial charge in [0.1, 0.15) is 0 Å². The van der Waals surface area contributed by atoms with Gasteiger partial charge >= 0.3 is 0 Å². The van der Waals surface area contributed by atoms with Crippen molar-refractivity contribution in [2.45, 2.75) is 84.6 Å². The van der Waals surface area contributed by atoms with E-state index in [0.29, 0.717) is 0 Å². The van der Waals surface area contributed by atoms with Crippen LogP contribution < -0.4 is 4.90 Å². The van der Waals surface area contributed by atoms with Crippen LogP contribution in [0.4, 0.5) is 11.4 Å². The molecule has 10 rings (SSSR count). The van der Waals surface area contributed by atoms with Gasteiger partial charge in [-0.25, -0.2) is 0 Å². The van der Waals surface area contributed by atoms with Crippen molar-refractivity contribution in [2.24, 2.45) is 5.92 Å². The molecule has 0 aromatic heterocycles. The van der Waals surface area contributed by atoms with E-state index in [4.69, 9.17) is 0 Å². The third-order valence-corrected chi connectivity index (χ3v) is 14.2. The minimum Gasteiger partial charge on any atom is -0.333 e. The molecule has 2 aliphatic rings. The van der Waals surface area contributed by atoms with Gasteiger partial charge in [0.15, 0.2) is 0 Å². The Kier molecular flexibility index (Phi) is 9.75. The van der Waals surface area contributed by atoms with Crippen LogP contribution in [0.5, 0.6) is 0 Å². The van der Waals surface area contributed by atoms with Crippen LogP contribution in [0.2, 0.25) is 0 Å². The first-order chi connectivity index (χ1) is 30.2. The number of nitrogens with zero attached hydrogens (tertiary/aromatic N) is 1. The van der Waals surface area contributed by atoms with Crippen LogP contribution in [-0.2, 0) is 16.2 Å². The van der Waals surface area contributed by atoms with Crippen molar-refractivity contribution < 1.29 is 0 Å². The highest BCUT2D eigenvalue weighted by molar-refractivity contribution is 6.08. The van der Waals surface area contributed by atoms with Crippen molar-refractivity contribution in [3.8, 4) is 33.4 Å². The molecule has 2 aliphatic carbocycles. The summed E-state index contributed by atoms with van der Waals surface area (Å²) >= 11 is 0. The summed E-state index contributed by atoms with van der Waals surface area (Å²) in [5.41, 5.74) is 18.1. The molecule has 0 N–H and O–H groups in total. The fourth-order valence-electron chi connectivity index (χ4n) is 10.6. The summed E-state index contributed by atoms with van der Waals surface area (Å²) in [6.07, 6.45) is 7.09. The molecule has 312 valence electrons. The molecule has 63 heavy (non-hydrogen) atoms. The molecule has 0 spiro atoms. The zero-order chi connectivity index (χ0) is 43.8. The van der Waals surface area contributed by atoms with Crippen LogP contribution in [-0.4, -0.2) is 6.04 Å². The van der Waals surface area contributed by atoms with E-state index in [9.17, 15) is 0 Å². The first kappa shape index (κ1) is 40.6. The van der Waals surface area contributed by atoms with Crippen LogP contribution in [0, 0.1) is 5.92 Å². The lowest BCUT2D eigenvalue weighted by Gasteiger charge is -2.40. The molecule has 2 unspecified atom stereocenters. The molecule has 1 heteroatoms. The fourth-order valence-corrected chi connectivity index (χ4v) is 10.6. The van der Waals surface area contributed by atoms with Gasteiger partial charge in [-0.3, -0.25) is 0 Å². The molecule has 2 atom stereocenters. The van der Waals surface area contributed by atoms with Crippen molar-refractivity contribution in [2.75, 3.05) is 4.90 Å². The molecule has 8 aromatic carbocycles. The number of allylic oxidation sites excluding steroid dienone is 2. The van der Waals surface area contributed by atoms with Crippen molar-refractivity contribution >= 4 is 38.5 Å². The van der Waals surface area contributed by atoms with E-state index in [1.54, 1.807) is 0 Å². The van der Waals surface area contributed by atoms with Gasteiger partial charge in [0.2, 0.25) is 0 Å². The van der Waals surface area contributed by atoms with Gasteiger partial charge in [0.25, 0.3) is 0 Å². The van der Waals surface area contributed by atoms with E-state index in [-0.39, 0.29) is 28.2 Å². The number of rotatable bonds is 6. The van der Waals surface area contributed by atoms with Crippen LogP contribution >= 0.6 is 0 Å². The fraction of sp³-hybridized carbons (Fsp3) is 0.226. The quantitative estimate of drug-likeness (QED) is 0.162. The van der Waals surface area contributed by atoms with Gasteiger partial charge in [-0.2, -0.15) is 0 Å². The summed E-state index contributed by atoms with van der Waals surface area (Å²) in [5, 5.41) is 5.09. The predicted octanol–water partition coefficient (Wildman–Crippen LogP) is 17.0. The zero-order valence-corrected chi connectivity index (χ0v) is 38.4. The summed E-state index contributed by atoms with van der Waals surface area (Å²) in [6, 6.07) is 62.1. The van der Waals surface area contributed by atoms with Gasteiger partial charge in [-0.1, -0.05) is 226 Å². The number of anilines is 2. The Morgan fingerprint density at radius 1 is 0.492 bits per heavy atom. The molecule has 0 fully saturated rings. The number of fused-ring (bicyclic) bond motifs is 5. The van der Waals surface area contributed by atoms with E-state index in [2.05, 4.69) is 249 Å². The molecule has 0 aliphatic heterocycles. The average molecular weight is 818 g/mol. The minimum atomic E-state index is -0.132. The normalized spacial score (nSPS) is 16.8. The second kappa shape index (κ2) is 15.1. The maximum atomic E-state index is 2.66. The summed E-state index contributed by atoms with van der Waals surface area (Å²) in [7, 11) is 0. The summed E-state index contributed by atoms with van der Waals surface area (Å²) in [6.45, 7) is 21.2. The van der Waals surface area contributed by atoms with E-state index in [0.717, 1.165) is 0 Å². The molecule has 0 saturated carbocycles. The maximum Gasteiger partial charge on any atom is 0.0591 e. The second-order valence-electron chi connectivity index (χ2n) is 20.6. The van der Waals surface area contributed by atoms with Crippen LogP contribution in [0.15, 0.2) is 182 Å². The standard InChI is InChI=1S/C62H59N/c1-40-47(50-29-16-21-41-20-10-11-24-48(41)50)27-19-33-57(40)63(46-34-35-52-51-25-12-14-31-55(51)62(8,9)56(52)39-46)58-32-15-13-26-53(58)54-30-18-23-42-22-17-28-49(59(42)54)43-36-44(60(2,3)4)38-45(37-43)61(5,6)7/h10-40,57H,1-9H3. The van der Waals surface area contributed by atoms with Gasteiger partial charge in [0.05, 0.1) is 6.04 Å². The lowest BCUT2D eigenvalue weighted by atomic mass is 9.78. The molecule has 0 radical (unpaired) electrons. The Morgan fingerprint density at radius 3 is 1.79 bits per heavy atom. The summed E-state index contributed by atoms with van der Waals surface area (Å²) < 4.78 is 0. The molecule has 1 nitrogen and oxygen atoms in total. The smallest absolute Gasteiger partial charge is 0.0591 e. The molecular formula is C62H59N. The van der Waals surface area contributed by atoms with E-state index < -0.39 is 0 Å². The van der Waals surface area contributed by atoms with Crippen molar-refractivity contribution in [3.05, 3.63) is 210 Å². The Labute approximate surface area is 375 Å². The highest BCUT2D eigenvalue weighted by Gasteiger charge is 2.37. The Balaban J connectivity index is 1.20. The first-order valence-corrected chi connectivity index (χ1v) is 22.9. The second-order valence-corrected chi connectivity index (χ2v) is 20.6. The molecule has 0 amide bonds. The Hall–Kier alpha value is -6.44. The largest absolute Gasteiger partial charge is 0.333 e. The van der Waals surface area contributed by atoms with Gasteiger partial charge in [-0.15, -0.1) is 0 Å². The monoisotopic (exact) mass is 817 g/mol. The zero-order valence-electron chi connectivity index (χ0n) is 38.4. The van der Waals surface area contributed by atoms with Crippen LogP contribution in [0.3, 0.4) is 0 Å². The average Bonchev–Trinajstić information content (AvgIpc) is 3.51. The lowest BCUT2D eigenvalue weighted by Crippen LogP contribution is -2.37. The number of hydrogen-bond acceptors (Lipinski definition) is 1. The Bertz CT molecular complexity index is 3100. The third-order valence-electron chi connectivity index (χ3n) is 14.2. The topological polar surface area (TPSA) is 3.24 Å². The van der Waals surface area contributed by atoms with Crippen LogP contribution in [0.25, 0.3) is 60.5 Å². The first-order valence-electron chi connectivity index (χ1n) is 22.9. The van der Waals surface area contributed by atoms with Crippen molar-refractivity contribution in [3.63, 3.8) is 0 Å². The number of para-hydroxylation sites is 1. The molecule has 0 saturated heterocycles. The summed E-state index contributed by atoms with van der Waals surface area (Å²) in [5.74, 6) is 0.173. The lowest BCUT2D eigenvalue weighted by molar-refractivity contribution is 0.569. The predicted molar refractivity (Wildman–Crippen MR) is 272 cm³/mol.